The number of alkyl carbamates (subject to hydrolysis) is 1. The standard InChI is InChI=1S/C21H29FN6O3S.C3H8/c1-3-10-27(20(29)14-25-21(30)31-2)15-19-24-13-18(28(19)32-22)16-4-6-17(7-5-16)26-11-8-23-9-12-26;1-3-2/h4-7,13,23H,3,8-12,14-15H2,1-2H3,(H,25,30);3H2,1-2H3. The summed E-state index contributed by atoms with van der Waals surface area (Å²) in [6.07, 6.45) is 2.90. The molecule has 2 heterocycles. The van der Waals surface area contributed by atoms with Crippen LogP contribution in [0.5, 0.6) is 0 Å². The molecule has 1 aliphatic rings. The van der Waals surface area contributed by atoms with Crippen molar-refractivity contribution in [2.24, 2.45) is 0 Å². The van der Waals surface area contributed by atoms with Gasteiger partial charge in [-0.15, -0.1) is 3.89 Å². The quantitative estimate of drug-likeness (QED) is 0.532. The highest BCUT2D eigenvalue weighted by Gasteiger charge is 2.20. The first-order valence-electron chi connectivity index (χ1n) is 12.0. The van der Waals surface area contributed by atoms with Gasteiger partial charge in [0.25, 0.3) is 0 Å². The molecule has 1 aromatic heterocycles. The Morgan fingerprint density at radius 2 is 1.86 bits per heavy atom. The number of methoxy groups -OCH3 is 1. The summed E-state index contributed by atoms with van der Waals surface area (Å²) >= 11 is 0.0573. The SMILES string of the molecule is CCC.CCCN(Cc1ncc(-c2ccc(N3CCNCC3)cc2)n1SF)C(=O)CNC(=O)OC. The number of imidazole rings is 1. The Hall–Kier alpha value is -2.79. The van der Waals surface area contributed by atoms with Crippen molar-refractivity contribution in [3.63, 3.8) is 0 Å². The minimum atomic E-state index is -0.679. The molecule has 3 rings (SSSR count). The first-order chi connectivity index (χ1) is 17.0. The van der Waals surface area contributed by atoms with E-state index in [0.29, 0.717) is 24.5 Å². The molecule has 35 heavy (non-hydrogen) atoms. The van der Waals surface area contributed by atoms with E-state index in [0.717, 1.165) is 37.4 Å². The number of halogens is 1. The molecule has 1 aromatic carbocycles. The molecule has 0 radical (unpaired) electrons. The Labute approximate surface area is 211 Å². The third-order valence-electron chi connectivity index (χ3n) is 5.25. The number of hydrogen-bond donors (Lipinski definition) is 2. The lowest BCUT2D eigenvalue weighted by Gasteiger charge is -2.29. The second-order valence-electron chi connectivity index (χ2n) is 8.07. The number of piperazine rings is 1. The first kappa shape index (κ1) is 28.4. The monoisotopic (exact) mass is 508 g/mol. The van der Waals surface area contributed by atoms with Crippen molar-refractivity contribution < 1.29 is 18.2 Å². The van der Waals surface area contributed by atoms with Gasteiger partial charge in [0, 0.05) is 44.0 Å². The third-order valence-corrected chi connectivity index (χ3v) is 5.80. The average Bonchev–Trinajstić information content (AvgIpc) is 3.30. The second kappa shape index (κ2) is 15.3. The third kappa shape index (κ3) is 8.43. The molecule has 1 aliphatic heterocycles. The number of amides is 2. The zero-order valence-electron chi connectivity index (χ0n) is 21.1. The Kier molecular flexibility index (Phi) is 12.4. The van der Waals surface area contributed by atoms with E-state index in [2.05, 4.69) is 39.1 Å². The fraction of sp³-hybridized carbons (Fsp3) is 0.542. The van der Waals surface area contributed by atoms with Gasteiger partial charge in [0.1, 0.15) is 12.4 Å². The summed E-state index contributed by atoms with van der Waals surface area (Å²) in [6.45, 7) is 10.4. The zero-order chi connectivity index (χ0) is 25.6. The summed E-state index contributed by atoms with van der Waals surface area (Å²) in [5, 5.41) is 5.72. The Bertz CT molecular complexity index is 918. The van der Waals surface area contributed by atoms with Crippen LogP contribution in [0.3, 0.4) is 0 Å². The normalized spacial score (nSPS) is 13.0. The molecule has 2 aromatic rings. The van der Waals surface area contributed by atoms with Crippen LogP contribution in [0.15, 0.2) is 30.5 Å². The van der Waals surface area contributed by atoms with Crippen molar-refractivity contribution in [3.05, 3.63) is 36.3 Å². The highest BCUT2D eigenvalue weighted by atomic mass is 32.2. The lowest BCUT2D eigenvalue weighted by Crippen LogP contribution is -2.43. The average molecular weight is 509 g/mol. The van der Waals surface area contributed by atoms with E-state index in [1.807, 2.05) is 31.2 Å². The maximum absolute atomic E-state index is 13.9. The van der Waals surface area contributed by atoms with E-state index in [4.69, 9.17) is 0 Å². The molecule has 2 amide bonds. The molecule has 0 unspecified atom stereocenters. The first-order valence-corrected chi connectivity index (χ1v) is 12.7. The second-order valence-corrected chi connectivity index (χ2v) is 8.58. The summed E-state index contributed by atoms with van der Waals surface area (Å²) in [4.78, 5) is 32.0. The summed E-state index contributed by atoms with van der Waals surface area (Å²) < 4.78 is 19.8. The van der Waals surface area contributed by atoms with E-state index >= 15 is 0 Å². The minimum Gasteiger partial charge on any atom is -0.453 e. The summed E-state index contributed by atoms with van der Waals surface area (Å²) in [5.41, 5.74) is 2.59. The lowest BCUT2D eigenvalue weighted by atomic mass is 10.1. The van der Waals surface area contributed by atoms with E-state index in [9.17, 15) is 13.5 Å². The van der Waals surface area contributed by atoms with Crippen LogP contribution in [0.2, 0.25) is 0 Å². The van der Waals surface area contributed by atoms with Crippen LogP contribution < -0.4 is 15.5 Å². The van der Waals surface area contributed by atoms with Gasteiger partial charge < -0.3 is 25.2 Å². The van der Waals surface area contributed by atoms with Gasteiger partial charge in [-0.2, -0.15) is 0 Å². The van der Waals surface area contributed by atoms with Gasteiger partial charge >= 0.3 is 6.09 Å². The van der Waals surface area contributed by atoms with Crippen LogP contribution in [0.4, 0.5) is 14.4 Å². The number of nitrogens with zero attached hydrogens (tertiary/aromatic N) is 4. The number of rotatable bonds is 9. The topological polar surface area (TPSA) is 91.7 Å². The molecule has 0 spiro atoms. The lowest BCUT2D eigenvalue weighted by molar-refractivity contribution is -0.130. The molecule has 2 N–H and O–H groups in total. The fourth-order valence-corrected chi connectivity index (χ4v) is 4.00. The molecular weight excluding hydrogens is 471 g/mol. The largest absolute Gasteiger partial charge is 0.453 e. The summed E-state index contributed by atoms with van der Waals surface area (Å²) in [7, 11) is 1.23. The van der Waals surface area contributed by atoms with Crippen molar-refractivity contribution in [3.8, 4) is 11.3 Å². The van der Waals surface area contributed by atoms with Gasteiger partial charge in [-0.3, -0.25) is 4.79 Å². The van der Waals surface area contributed by atoms with Crippen LogP contribution in [-0.4, -0.2) is 72.2 Å². The van der Waals surface area contributed by atoms with Crippen molar-refractivity contribution in [1.29, 1.82) is 0 Å². The van der Waals surface area contributed by atoms with Gasteiger partial charge in [0.15, 0.2) is 12.3 Å². The molecule has 194 valence electrons. The molecule has 1 saturated heterocycles. The smallest absolute Gasteiger partial charge is 0.407 e. The summed E-state index contributed by atoms with van der Waals surface area (Å²) in [6, 6.07) is 7.98. The molecule has 0 aliphatic carbocycles. The van der Waals surface area contributed by atoms with E-state index in [-0.39, 0.29) is 31.3 Å². The predicted molar refractivity (Wildman–Crippen MR) is 139 cm³/mol. The Morgan fingerprint density at radius 1 is 1.20 bits per heavy atom. The molecule has 0 atom stereocenters. The van der Waals surface area contributed by atoms with E-state index in [1.54, 1.807) is 11.1 Å². The maximum Gasteiger partial charge on any atom is 0.407 e. The van der Waals surface area contributed by atoms with Crippen LogP contribution in [-0.2, 0) is 16.1 Å². The van der Waals surface area contributed by atoms with Gasteiger partial charge in [-0.1, -0.05) is 39.3 Å². The zero-order valence-corrected chi connectivity index (χ0v) is 21.9. The maximum atomic E-state index is 13.9. The van der Waals surface area contributed by atoms with Crippen molar-refractivity contribution in [2.45, 2.75) is 40.2 Å². The van der Waals surface area contributed by atoms with Crippen molar-refractivity contribution in [1.82, 2.24) is 24.5 Å². The molecule has 0 saturated carbocycles. The van der Waals surface area contributed by atoms with Crippen LogP contribution >= 0.6 is 12.3 Å². The number of carbonyl (C=O) groups is 2. The highest BCUT2D eigenvalue weighted by molar-refractivity contribution is 7.92. The minimum absolute atomic E-state index is 0.0573. The highest BCUT2D eigenvalue weighted by Crippen LogP contribution is 2.28. The molecule has 11 heteroatoms. The molecule has 9 nitrogen and oxygen atoms in total. The molecule has 0 bridgehead atoms. The van der Waals surface area contributed by atoms with Crippen LogP contribution in [0.1, 0.15) is 39.4 Å². The van der Waals surface area contributed by atoms with Crippen molar-refractivity contribution in [2.75, 3.05) is 51.3 Å². The number of ether oxygens (including phenoxy) is 1. The number of hydrogen-bond acceptors (Lipinski definition) is 7. The van der Waals surface area contributed by atoms with Crippen LogP contribution in [0.25, 0.3) is 11.3 Å². The Balaban J connectivity index is 0.00000137. The van der Waals surface area contributed by atoms with Gasteiger partial charge in [-0.05, 0) is 18.6 Å². The van der Waals surface area contributed by atoms with Gasteiger partial charge in [0.05, 0.1) is 25.5 Å². The number of aromatic nitrogens is 2. The predicted octanol–water partition coefficient (Wildman–Crippen LogP) is 3.85. The van der Waals surface area contributed by atoms with E-state index in [1.165, 1.54) is 17.5 Å². The van der Waals surface area contributed by atoms with Crippen LogP contribution in [0, 0.1) is 0 Å². The number of anilines is 1. The molecule has 1 fully saturated rings. The number of benzene rings is 1. The summed E-state index contributed by atoms with van der Waals surface area (Å²) in [5.74, 6) is 0.121. The molecular formula is C24H37FN6O3S. The van der Waals surface area contributed by atoms with Gasteiger partial charge in [-0.25, -0.2) is 13.8 Å². The number of carbonyl (C=O) groups excluding carboxylic acids is 2. The number of nitrogens with one attached hydrogen (secondary N) is 2. The fourth-order valence-electron chi connectivity index (χ4n) is 3.58. The van der Waals surface area contributed by atoms with E-state index < -0.39 is 6.09 Å². The Morgan fingerprint density at radius 3 is 2.43 bits per heavy atom. The van der Waals surface area contributed by atoms with Crippen molar-refractivity contribution >= 4 is 30.0 Å². The van der Waals surface area contributed by atoms with Gasteiger partial charge in [0.2, 0.25) is 5.91 Å².